The van der Waals surface area contributed by atoms with Crippen LogP contribution in [0.4, 0.5) is 0 Å². The van der Waals surface area contributed by atoms with Gasteiger partial charge in [-0.25, -0.2) is 8.42 Å². The van der Waals surface area contributed by atoms with E-state index in [4.69, 9.17) is 11.6 Å². The van der Waals surface area contributed by atoms with Crippen LogP contribution in [0.2, 0.25) is 5.02 Å². The molecular formula is C19H23ClN2O3S2. The number of nitrogens with one attached hydrogen (secondary N) is 2. The summed E-state index contributed by atoms with van der Waals surface area (Å²) in [4.78, 5) is 12.7. The molecule has 27 heavy (non-hydrogen) atoms. The number of hydrogen-bond acceptors (Lipinski definition) is 4. The minimum atomic E-state index is -3.82. The number of aryl methyl sites for hydroxylation is 1. The third kappa shape index (κ3) is 6.84. The minimum Gasteiger partial charge on any atom is -0.351 e. The van der Waals surface area contributed by atoms with Gasteiger partial charge in [0.25, 0.3) is 0 Å². The molecule has 2 aromatic carbocycles. The molecule has 5 nitrogen and oxygen atoms in total. The lowest BCUT2D eigenvalue weighted by Crippen LogP contribution is -2.46. The van der Waals surface area contributed by atoms with Crippen LogP contribution in [0.5, 0.6) is 0 Å². The molecule has 2 N–H and O–H groups in total. The van der Waals surface area contributed by atoms with Gasteiger partial charge in [0.1, 0.15) is 6.04 Å². The molecule has 0 aromatic heterocycles. The highest BCUT2D eigenvalue weighted by atomic mass is 35.5. The molecule has 0 saturated heterocycles. The van der Waals surface area contributed by atoms with E-state index in [1.807, 2.05) is 37.4 Å². The Kier molecular flexibility index (Phi) is 8.16. The molecule has 2 rings (SSSR count). The minimum absolute atomic E-state index is 0.0763. The van der Waals surface area contributed by atoms with Crippen molar-refractivity contribution in [3.63, 3.8) is 0 Å². The maximum absolute atomic E-state index is 12.6. The zero-order valence-electron chi connectivity index (χ0n) is 15.2. The highest BCUT2D eigenvalue weighted by Crippen LogP contribution is 2.15. The average molecular weight is 427 g/mol. The molecule has 0 saturated carbocycles. The first-order valence-corrected chi connectivity index (χ1v) is 11.7. The lowest BCUT2D eigenvalue weighted by molar-refractivity contribution is -0.122. The topological polar surface area (TPSA) is 75.3 Å². The largest absolute Gasteiger partial charge is 0.351 e. The standard InChI is InChI=1S/C19H23ClN2O3S2/c1-14-3-5-15(6-4-14)13-21-19(23)18(11-12-26-2)22-27(24,25)17-9-7-16(20)8-10-17/h3-10,18,22H,11-13H2,1-2H3,(H,21,23). The molecule has 0 radical (unpaired) electrons. The normalized spacial score (nSPS) is 12.6. The van der Waals surface area contributed by atoms with Gasteiger partial charge in [-0.1, -0.05) is 41.4 Å². The molecule has 2 aromatic rings. The van der Waals surface area contributed by atoms with Crippen molar-refractivity contribution in [2.75, 3.05) is 12.0 Å². The van der Waals surface area contributed by atoms with Gasteiger partial charge < -0.3 is 5.32 Å². The molecule has 0 spiro atoms. The smallest absolute Gasteiger partial charge is 0.241 e. The fourth-order valence-corrected chi connectivity index (χ4v) is 4.19. The van der Waals surface area contributed by atoms with Crippen molar-refractivity contribution in [1.82, 2.24) is 10.0 Å². The third-order valence-corrected chi connectivity index (χ3v) is 6.32. The van der Waals surface area contributed by atoms with Crippen molar-refractivity contribution in [2.45, 2.75) is 30.8 Å². The van der Waals surface area contributed by atoms with Gasteiger partial charge >= 0.3 is 0 Å². The Bertz CT molecular complexity index is 854. The first kappa shape index (κ1) is 21.8. The van der Waals surface area contributed by atoms with Gasteiger partial charge in [0.05, 0.1) is 4.90 Å². The first-order chi connectivity index (χ1) is 12.8. The van der Waals surface area contributed by atoms with Gasteiger partial charge in [-0.05, 0) is 55.2 Å². The number of hydrogen-bond donors (Lipinski definition) is 2. The summed E-state index contributed by atoms with van der Waals surface area (Å²) in [5, 5.41) is 3.26. The molecule has 0 aliphatic carbocycles. The molecule has 8 heteroatoms. The van der Waals surface area contributed by atoms with E-state index < -0.39 is 16.1 Å². The summed E-state index contributed by atoms with van der Waals surface area (Å²) >= 11 is 7.37. The van der Waals surface area contributed by atoms with Crippen LogP contribution in [0.25, 0.3) is 0 Å². The summed E-state index contributed by atoms with van der Waals surface area (Å²) in [6.07, 6.45) is 2.31. The van der Waals surface area contributed by atoms with Gasteiger partial charge in [0.2, 0.25) is 15.9 Å². The molecule has 146 valence electrons. The monoisotopic (exact) mass is 426 g/mol. The van der Waals surface area contributed by atoms with Crippen LogP contribution >= 0.6 is 23.4 Å². The van der Waals surface area contributed by atoms with Gasteiger partial charge in [-0.2, -0.15) is 16.5 Å². The van der Waals surface area contributed by atoms with E-state index in [1.54, 1.807) is 11.8 Å². The highest BCUT2D eigenvalue weighted by Gasteiger charge is 2.25. The van der Waals surface area contributed by atoms with Crippen LogP contribution in [0, 0.1) is 6.92 Å². The van der Waals surface area contributed by atoms with Crippen LogP contribution in [-0.2, 0) is 21.4 Å². The number of sulfonamides is 1. The Labute approximate surface area is 169 Å². The van der Waals surface area contributed by atoms with Gasteiger partial charge in [-0.15, -0.1) is 0 Å². The number of halogens is 1. The van der Waals surface area contributed by atoms with Crippen molar-refractivity contribution in [2.24, 2.45) is 0 Å². The Morgan fingerprint density at radius 2 is 1.74 bits per heavy atom. The van der Waals surface area contributed by atoms with E-state index in [-0.39, 0.29) is 10.8 Å². The first-order valence-electron chi connectivity index (χ1n) is 8.42. The van der Waals surface area contributed by atoms with E-state index in [1.165, 1.54) is 24.3 Å². The number of benzene rings is 2. The zero-order valence-corrected chi connectivity index (χ0v) is 17.6. The number of rotatable bonds is 9. The van der Waals surface area contributed by atoms with E-state index in [9.17, 15) is 13.2 Å². The summed E-state index contributed by atoms with van der Waals surface area (Å²) in [7, 11) is -3.82. The number of carbonyl (C=O) groups is 1. The van der Waals surface area contributed by atoms with Crippen molar-refractivity contribution in [3.05, 3.63) is 64.7 Å². The Balaban J connectivity index is 2.07. The SMILES string of the molecule is CSCCC(NS(=O)(=O)c1ccc(Cl)cc1)C(=O)NCc1ccc(C)cc1. The van der Waals surface area contributed by atoms with Crippen LogP contribution in [-0.4, -0.2) is 32.4 Å². The van der Waals surface area contributed by atoms with Crippen molar-refractivity contribution < 1.29 is 13.2 Å². The summed E-state index contributed by atoms with van der Waals surface area (Å²) in [6, 6.07) is 12.8. The molecule has 0 fully saturated rings. The maximum Gasteiger partial charge on any atom is 0.241 e. The lowest BCUT2D eigenvalue weighted by Gasteiger charge is -2.18. The number of thioether (sulfide) groups is 1. The predicted molar refractivity (Wildman–Crippen MR) is 112 cm³/mol. The maximum atomic E-state index is 12.6. The third-order valence-electron chi connectivity index (χ3n) is 3.94. The fraction of sp³-hybridized carbons (Fsp3) is 0.316. The van der Waals surface area contributed by atoms with E-state index in [0.717, 1.165) is 11.1 Å². The van der Waals surface area contributed by atoms with Crippen molar-refractivity contribution in [1.29, 1.82) is 0 Å². The summed E-state index contributed by atoms with van der Waals surface area (Å²) < 4.78 is 27.7. The van der Waals surface area contributed by atoms with Gasteiger partial charge in [-0.3, -0.25) is 4.79 Å². The van der Waals surface area contributed by atoms with Crippen LogP contribution in [0.3, 0.4) is 0 Å². The van der Waals surface area contributed by atoms with Crippen molar-refractivity contribution >= 4 is 39.3 Å². The van der Waals surface area contributed by atoms with Crippen molar-refractivity contribution in [3.8, 4) is 0 Å². The number of amides is 1. The molecule has 0 aliphatic rings. The molecule has 0 heterocycles. The molecule has 1 amide bonds. The molecule has 0 aliphatic heterocycles. The lowest BCUT2D eigenvalue weighted by atomic mass is 10.1. The van der Waals surface area contributed by atoms with Gasteiger partial charge in [0, 0.05) is 11.6 Å². The Morgan fingerprint density at radius 1 is 1.11 bits per heavy atom. The Hall–Kier alpha value is -1.54. The quantitative estimate of drug-likeness (QED) is 0.644. The molecule has 1 unspecified atom stereocenters. The van der Waals surface area contributed by atoms with Crippen LogP contribution < -0.4 is 10.0 Å². The average Bonchev–Trinajstić information content (AvgIpc) is 2.64. The Morgan fingerprint density at radius 3 is 2.33 bits per heavy atom. The highest BCUT2D eigenvalue weighted by molar-refractivity contribution is 7.98. The van der Waals surface area contributed by atoms with E-state index >= 15 is 0 Å². The summed E-state index contributed by atoms with van der Waals surface area (Å²) in [6.45, 7) is 2.34. The summed E-state index contributed by atoms with van der Waals surface area (Å²) in [5.41, 5.74) is 2.09. The number of carbonyl (C=O) groups excluding carboxylic acids is 1. The van der Waals surface area contributed by atoms with Gasteiger partial charge in [0.15, 0.2) is 0 Å². The van der Waals surface area contributed by atoms with E-state index in [0.29, 0.717) is 23.7 Å². The second kappa shape index (κ2) is 10.1. The second-order valence-corrected chi connectivity index (χ2v) is 9.25. The van der Waals surface area contributed by atoms with E-state index in [2.05, 4.69) is 10.0 Å². The molecular weight excluding hydrogens is 404 g/mol. The molecule has 0 bridgehead atoms. The predicted octanol–water partition coefficient (Wildman–Crippen LogP) is 3.36. The zero-order chi connectivity index (χ0) is 19.9. The van der Waals surface area contributed by atoms with Crippen LogP contribution in [0.15, 0.2) is 53.4 Å². The molecule has 1 atom stereocenters. The summed E-state index contributed by atoms with van der Waals surface area (Å²) in [5.74, 6) is 0.313. The second-order valence-electron chi connectivity index (χ2n) is 6.11. The van der Waals surface area contributed by atoms with Crippen LogP contribution in [0.1, 0.15) is 17.5 Å². The fourth-order valence-electron chi connectivity index (χ4n) is 2.37.